The third kappa shape index (κ3) is 3.64. The van der Waals surface area contributed by atoms with Gasteiger partial charge in [0.2, 0.25) is 0 Å². The summed E-state index contributed by atoms with van der Waals surface area (Å²) in [4.78, 5) is 16.1. The number of H-pyrrole nitrogens is 1. The molecule has 0 bridgehead atoms. The van der Waals surface area contributed by atoms with Crippen LogP contribution in [0.2, 0.25) is 0 Å². The second kappa shape index (κ2) is 7.38. The summed E-state index contributed by atoms with van der Waals surface area (Å²) in [6.07, 6.45) is 14.6. The average Bonchev–Trinajstić information content (AvgIpc) is 3.18. The van der Waals surface area contributed by atoms with Crippen molar-refractivity contribution < 1.29 is 0 Å². The third-order valence-electron chi connectivity index (χ3n) is 5.43. The monoisotopic (exact) mass is 326 g/mol. The van der Waals surface area contributed by atoms with Crippen LogP contribution in [-0.2, 0) is 6.54 Å². The smallest absolute Gasteiger partial charge is 0.137 e. The molecule has 4 rings (SSSR count). The van der Waals surface area contributed by atoms with Crippen LogP contribution >= 0.6 is 0 Å². The lowest BCUT2D eigenvalue weighted by atomic mass is 9.89. The zero-order valence-electron chi connectivity index (χ0n) is 14.2. The predicted molar refractivity (Wildman–Crippen MR) is 91.5 cm³/mol. The van der Waals surface area contributed by atoms with Gasteiger partial charge in [-0.1, -0.05) is 19.3 Å². The standard InChI is InChI=1S/C18H26N6/c1-2-5-15(6-3-1)17-19-9-14(10-20-17)11-24-8-4-7-16(12-24)18-21-13-22-23-18/h9-10,13,15-16H,1-8,11-12H2,(H,21,22,23)/t16-/m0/s1. The van der Waals surface area contributed by atoms with Crippen LogP contribution in [0.25, 0.3) is 0 Å². The number of hydrogen-bond donors (Lipinski definition) is 1. The van der Waals surface area contributed by atoms with E-state index in [4.69, 9.17) is 0 Å². The number of aromatic nitrogens is 5. The number of likely N-dealkylation sites (tertiary alicyclic amines) is 1. The molecule has 1 saturated heterocycles. The number of rotatable bonds is 4. The second-order valence-electron chi connectivity index (χ2n) is 7.23. The highest BCUT2D eigenvalue weighted by Gasteiger charge is 2.24. The maximum atomic E-state index is 4.67. The molecule has 1 N–H and O–H groups in total. The first kappa shape index (κ1) is 15.7. The number of hydrogen-bond acceptors (Lipinski definition) is 5. The van der Waals surface area contributed by atoms with Crippen LogP contribution in [0.3, 0.4) is 0 Å². The Kier molecular flexibility index (Phi) is 4.83. The fourth-order valence-corrected chi connectivity index (χ4v) is 4.11. The quantitative estimate of drug-likeness (QED) is 0.935. The Balaban J connectivity index is 1.36. The molecule has 0 amide bonds. The molecule has 1 atom stereocenters. The zero-order valence-corrected chi connectivity index (χ0v) is 14.2. The molecule has 6 nitrogen and oxygen atoms in total. The molecule has 2 aromatic heterocycles. The summed E-state index contributed by atoms with van der Waals surface area (Å²) in [7, 11) is 0. The summed E-state index contributed by atoms with van der Waals surface area (Å²) in [5.41, 5.74) is 1.22. The van der Waals surface area contributed by atoms with Crippen LogP contribution in [0.1, 0.15) is 74.0 Å². The zero-order chi connectivity index (χ0) is 16.2. The van der Waals surface area contributed by atoms with E-state index in [0.29, 0.717) is 11.8 Å². The van der Waals surface area contributed by atoms with Gasteiger partial charge < -0.3 is 0 Å². The van der Waals surface area contributed by atoms with Crippen LogP contribution in [0, 0.1) is 0 Å². The number of nitrogens with zero attached hydrogens (tertiary/aromatic N) is 5. The highest BCUT2D eigenvalue weighted by molar-refractivity contribution is 5.09. The summed E-state index contributed by atoms with van der Waals surface area (Å²) in [5, 5.41) is 7.01. The molecule has 1 saturated carbocycles. The Labute approximate surface area is 143 Å². The van der Waals surface area contributed by atoms with Crippen molar-refractivity contribution in [3.63, 3.8) is 0 Å². The van der Waals surface area contributed by atoms with E-state index in [-0.39, 0.29) is 0 Å². The van der Waals surface area contributed by atoms with Crippen molar-refractivity contribution in [1.82, 2.24) is 30.0 Å². The molecule has 2 aliphatic rings. The molecule has 128 valence electrons. The normalized spacial score (nSPS) is 23.4. The molecule has 6 heteroatoms. The van der Waals surface area contributed by atoms with E-state index in [1.54, 1.807) is 6.33 Å². The maximum Gasteiger partial charge on any atom is 0.137 e. The molecule has 2 fully saturated rings. The molecule has 2 aromatic rings. The second-order valence-corrected chi connectivity index (χ2v) is 7.23. The van der Waals surface area contributed by atoms with Gasteiger partial charge in [0.05, 0.1) is 0 Å². The Morgan fingerprint density at radius 1 is 0.958 bits per heavy atom. The third-order valence-corrected chi connectivity index (χ3v) is 5.43. The Morgan fingerprint density at radius 2 is 1.75 bits per heavy atom. The van der Waals surface area contributed by atoms with Crippen LogP contribution in [0.15, 0.2) is 18.7 Å². The summed E-state index contributed by atoms with van der Waals surface area (Å²) in [6.45, 7) is 3.09. The van der Waals surface area contributed by atoms with Gasteiger partial charge in [0.25, 0.3) is 0 Å². The van der Waals surface area contributed by atoms with Gasteiger partial charge >= 0.3 is 0 Å². The van der Waals surface area contributed by atoms with E-state index < -0.39 is 0 Å². The SMILES string of the molecule is c1n[nH]c([C@H]2CCCN(Cc3cnc(C4CCCCC4)nc3)C2)n1. The van der Waals surface area contributed by atoms with E-state index in [2.05, 4.69) is 30.0 Å². The lowest BCUT2D eigenvalue weighted by Gasteiger charge is -2.31. The van der Waals surface area contributed by atoms with Crippen molar-refractivity contribution in [3.05, 3.63) is 35.9 Å². The van der Waals surface area contributed by atoms with Gasteiger partial charge in [-0.3, -0.25) is 10.00 Å². The minimum absolute atomic E-state index is 0.462. The predicted octanol–water partition coefficient (Wildman–Crippen LogP) is 3.02. The Morgan fingerprint density at radius 3 is 2.50 bits per heavy atom. The number of nitrogens with one attached hydrogen (secondary N) is 1. The van der Waals surface area contributed by atoms with Gasteiger partial charge in [-0.05, 0) is 32.2 Å². The van der Waals surface area contributed by atoms with Crippen LogP contribution in [0.4, 0.5) is 0 Å². The van der Waals surface area contributed by atoms with Crippen LogP contribution in [0.5, 0.6) is 0 Å². The molecule has 0 unspecified atom stereocenters. The topological polar surface area (TPSA) is 70.6 Å². The fraction of sp³-hybridized carbons (Fsp3) is 0.667. The van der Waals surface area contributed by atoms with Crippen molar-refractivity contribution >= 4 is 0 Å². The van der Waals surface area contributed by atoms with Gasteiger partial charge in [0.15, 0.2) is 0 Å². The molecule has 0 spiro atoms. The van der Waals surface area contributed by atoms with Crippen molar-refractivity contribution in [2.24, 2.45) is 0 Å². The maximum absolute atomic E-state index is 4.67. The Bertz CT molecular complexity index is 617. The molecular weight excluding hydrogens is 300 g/mol. The first-order chi connectivity index (χ1) is 11.9. The lowest BCUT2D eigenvalue weighted by Crippen LogP contribution is -2.34. The highest BCUT2D eigenvalue weighted by atomic mass is 15.2. The molecule has 1 aliphatic carbocycles. The molecular formula is C18H26N6. The van der Waals surface area contributed by atoms with E-state index in [1.807, 2.05) is 12.4 Å². The minimum atomic E-state index is 0.462. The van der Waals surface area contributed by atoms with Gasteiger partial charge in [-0.15, -0.1) is 0 Å². The van der Waals surface area contributed by atoms with Gasteiger partial charge in [0, 0.05) is 42.9 Å². The van der Waals surface area contributed by atoms with E-state index >= 15 is 0 Å². The van der Waals surface area contributed by atoms with Gasteiger partial charge in [-0.25, -0.2) is 15.0 Å². The molecule has 0 radical (unpaired) electrons. The first-order valence-corrected chi connectivity index (χ1v) is 9.27. The fourth-order valence-electron chi connectivity index (χ4n) is 4.11. The van der Waals surface area contributed by atoms with E-state index in [1.165, 1.54) is 50.5 Å². The first-order valence-electron chi connectivity index (χ1n) is 9.27. The molecule has 1 aliphatic heterocycles. The highest BCUT2D eigenvalue weighted by Crippen LogP contribution is 2.30. The van der Waals surface area contributed by atoms with Gasteiger partial charge in [-0.2, -0.15) is 5.10 Å². The van der Waals surface area contributed by atoms with Crippen molar-refractivity contribution in [2.45, 2.75) is 63.3 Å². The average molecular weight is 326 g/mol. The van der Waals surface area contributed by atoms with Crippen LogP contribution < -0.4 is 0 Å². The Hall–Kier alpha value is -1.82. The summed E-state index contributed by atoms with van der Waals surface area (Å²) >= 11 is 0. The van der Waals surface area contributed by atoms with Crippen molar-refractivity contribution in [3.8, 4) is 0 Å². The number of piperidine rings is 1. The molecule has 3 heterocycles. The van der Waals surface area contributed by atoms with Crippen molar-refractivity contribution in [1.29, 1.82) is 0 Å². The minimum Gasteiger partial charge on any atom is -0.298 e. The van der Waals surface area contributed by atoms with Crippen LogP contribution in [-0.4, -0.2) is 43.1 Å². The summed E-state index contributed by atoms with van der Waals surface area (Å²) in [5.74, 6) is 3.11. The number of aromatic amines is 1. The van der Waals surface area contributed by atoms with Gasteiger partial charge in [0.1, 0.15) is 18.0 Å². The van der Waals surface area contributed by atoms with Crippen molar-refractivity contribution in [2.75, 3.05) is 13.1 Å². The summed E-state index contributed by atoms with van der Waals surface area (Å²) in [6, 6.07) is 0. The summed E-state index contributed by atoms with van der Waals surface area (Å²) < 4.78 is 0. The molecule has 0 aromatic carbocycles. The van der Waals surface area contributed by atoms with E-state index in [9.17, 15) is 0 Å². The molecule has 24 heavy (non-hydrogen) atoms. The van der Waals surface area contributed by atoms with E-state index in [0.717, 1.165) is 31.3 Å². The largest absolute Gasteiger partial charge is 0.298 e. The lowest BCUT2D eigenvalue weighted by molar-refractivity contribution is 0.196.